The van der Waals surface area contributed by atoms with Gasteiger partial charge in [-0.05, 0) is 42.8 Å². The molecule has 0 fully saturated rings. The van der Waals surface area contributed by atoms with Crippen LogP contribution in [-0.4, -0.2) is 42.8 Å². The van der Waals surface area contributed by atoms with Gasteiger partial charge in [-0.15, -0.1) is 0 Å². The molecule has 154 valence electrons. The number of amides is 3. The number of likely N-dealkylation sites (N-methyl/N-ethyl adjacent to an activating group) is 1. The van der Waals surface area contributed by atoms with Crippen LogP contribution in [0.5, 0.6) is 0 Å². The minimum Gasteiger partial charge on any atom is -0.351 e. The molecule has 0 saturated carbocycles. The van der Waals surface area contributed by atoms with E-state index in [0.717, 1.165) is 22.2 Å². The van der Waals surface area contributed by atoms with Crippen LogP contribution in [0, 0.1) is 18.6 Å². The molecule has 0 atom stereocenters. The van der Waals surface area contributed by atoms with Crippen LogP contribution in [0.2, 0.25) is 0 Å². The second kappa shape index (κ2) is 10.1. The van der Waals surface area contributed by atoms with E-state index in [1.165, 1.54) is 11.9 Å². The quantitative estimate of drug-likeness (QED) is 0.655. The lowest BCUT2D eigenvalue weighted by Crippen LogP contribution is -2.37. The molecule has 29 heavy (non-hydrogen) atoms. The molecule has 0 radical (unpaired) electrons. The van der Waals surface area contributed by atoms with Crippen LogP contribution in [0.1, 0.15) is 22.3 Å². The van der Waals surface area contributed by atoms with E-state index in [1.54, 1.807) is 12.1 Å². The molecule has 3 amide bonds. The van der Waals surface area contributed by atoms with Crippen molar-refractivity contribution in [1.29, 1.82) is 0 Å². The Morgan fingerprint density at radius 1 is 1.10 bits per heavy atom. The van der Waals surface area contributed by atoms with Gasteiger partial charge in [0.05, 0.1) is 12.1 Å². The van der Waals surface area contributed by atoms with Gasteiger partial charge in [-0.2, -0.15) is 0 Å². The summed E-state index contributed by atoms with van der Waals surface area (Å²) >= 11 is 3.34. The fourth-order valence-electron chi connectivity index (χ4n) is 2.50. The first kappa shape index (κ1) is 22.5. The van der Waals surface area contributed by atoms with Gasteiger partial charge in [0, 0.05) is 36.2 Å². The monoisotopic (exact) mass is 467 g/mol. The van der Waals surface area contributed by atoms with Gasteiger partial charge in [-0.25, -0.2) is 8.78 Å². The van der Waals surface area contributed by atoms with Crippen LogP contribution < -0.4 is 10.6 Å². The Labute approximate surface area is 175 Å². The SMILES string of the molecule is Cc1cc(Br)ccc1NC(=O)CN(C)C(=O)CCNC(=O)c1ccc(F)cc1F. The third-order valence-corrected chi connectivity index (χ3v) is 4.56. The molecule has 2 rings (SSSR count). The number of carbonyl (C=O) groups is 3. The summed E-state index contributed by atoms with van der Waals surface area (Å²) < 4.78 is 27.3. The van der Waals surface area contributed by atoms with Gasteiger partial charge in [0.2, 0.25) is 11.8 Å². The molecule has 0 aromatic heterocycles. The molecule has 0 unspecified atom stereocenters. The van der Waals surface area contributed by atoms with Crippen LogP contribution in [-0.2, 0) is 9.59 Å². The van der Waals surface area contributed by atoms with Gasteiger partial charge in [0.25, 0.3) is 5.91 Å². The predicted molar refractivity (Wildman–Crippen MR) is 108 cm³/mol. The predicted octanol–water partition coefficient (Wildman–Crippen LogP) is 3.25. The van der Waals surface area contributed by atoms with Crippen LogP contribution in [0.3, 0.4) is 0 Å². The number of halogens is 3. The first-order valence-corrected chi connectivity index (χ1v) is 9.50. The maximum atomic E-state index is 13.6. The Bertz CT molecular complexity index is 937. The van der Waals surface area contributed by atoms with Crippen molar-refractivity contribution in [2.24, 2.45) is 0 Å². The molecular formula is C20H20BrF2N3O3. The Morgan fingerprint density at radius 2 is 1.83 bits per heavy atom. The minimum atomic E-state index is -0.981. The molecular weight excluding hydrogens is 448 g/mol. The Kier molecular flexibility index (Phi) is 7.83. The molecule has 0 bridgehead atoms. The molecule has 0 aliphatic carbocycles. The summed E-state index contributed by atoms with van der Waals surface area (Å²) in [6.07, 6.45) is -0.0738. The number of rotatable bonds is 7. The molecule has 0 aliphatic heterocycles. The molecule has 2 aromatic rings. The van der Waals surface area contributed by atoms with Gasteiger partial charge >= 0.3 is 0 Å². The third kappa shape index (κ3) is 6.63. The van der Waals surface area contributed by atoms with Crippen molar-refractivity contribution in [3.05, 3.63) is 63.6 Å². The van der Waals surface area contributed by atoms with Crippen LogP contribution in [0.15, 0.2) is 40.9 Å². The van der Waals surface area contributed by atoms with E-state index in [4.69, 9.17) is 0 Å². The molecule has 2 aromatic carbocycles. The van der Waals surface area contributed by atoms with Crippen molar-refractivity contribution in [2.75, 3.05) is 25.5 Å². The standard InChI is InChI=1S/C20H20BrF2N3O3/c1-12-9-13(21)3-6-17(12)25-18(27)11-26(2)19(28)7-8-24-20(29)15-5-4-14(22)10-16(15)23/h3-6,9-10H,7-8,11H2,1-2H3,(H,24,29)(H,25,27). The molecule has 0 heterocycles. The van der Waals surface area contributed by atoms with Crippen molar-refractivity contribution < 1.29 is 23.2 Å². The summed E-state index contributed by atoms with van der Waals surface area (Å²) in [4.78, 5) is 37.4. The van der Waals surface area contributed by atoms with E-state index < -0.39 is 17.5 Å². The first-order valence-electron chi connectivity index (χ1n) is 8.70. The van der Waals surface area contributed by atoms with E-state index in [-0.39, 0.29) is 36.9 Å². The molecule has 0 saturated heterocycles. The van der Waals surface area contributed by atoms with Gasteiger partial charge in [0.1, 0.15) is 11.6 Å². The Balaban J connectivity index is 1.79. The van der Waals surface area contributed by atoms with E-state index in [2.05, 4.69) is 26.6 Å². The zero-order chi connectivity index (χ0) is 21.6. The van der Waals surface area contributed by atoms with Crippen molar-refractivity contribution >= 4 is 39.3 Å². The maximum absolute atomic E-state index is 13.6. The highest BCUT2D eigenvalue weighted by Crippen LogP contribution is 2.19. The summed E-state index contributed by atoms with van der Waals surface area (Å²) in [7, 11) is 1.47. The van der Waals surface area contributed by atoms with Gasteiger partial charge < -0.3 is 15.5 Å². The number of anilines is 1. The van der Waals surface area contributed by atoms with E-state index in [9.17, 15) is 23.2 Å². The first-order chi connectivity index (χ1) is 13.7. The van der Waals surface area contributed by atoms with Crippen LogP contribution in [0.4, 0.5) is 14.5 Å². The highest BCUT2D eigenvalue weighted by Gasteiger charge is 2.16. The number of benzene rings is 2. The molecule has 9 heteroatoms. The fraction of sp³-hybridized carbons (Fsp3) is 0.250. The topological polar surface area (TPSA) is 78.5 Å². The summed E-state index contributed by atoms with van der Waals surface area (Å²) in [6, 6.07) is 8.02. The van der Waals surface area contributed by atoms with Crippen molar-refractivity contribution in [3.63, 3.8) is 0 Å². The Hall–Kier alpha value is -2.81. The third-order valence-electron chi connectivity index (χ3n) is 4.07. The van der Waals surface area contributed by atoms with E-state index in [1.807, 2.05) is 13.0 Å². The molecule has 0 spiro atoms. The van der Waals surface area contributed by atoms with Gasteiger partial charge in [-0.1, -0.05) is 15.9 Å². The number of hydrogen-bond acceptors (Lipinski definition) is 3. The smallest absolute Gasteiger partial charge is 0.254 e. The van der Waals surface area contributed by atoms with Crippen molar-refractivity contribution in [2.45, 2.75) is 13.3 Å². The zero-order valence-corrected chi connectivity index (χ0v) is 17.5. The number of nitrogens with zero attached hydrogens (tertiary/aromatic N) is 1. The summed E-state index contributed by atoms with van der Waals surface area (Å²) in [5.74, 6) is -3.24. The second-order valence-corrected chi connectivity index (χ2v) is 7.30. The normalized spacial score (nSPS) is 10.4. The van der Waals surface area contributed by atoms with Gasteiger partial charge in [0.15, 0.2) is 0 Å². The number of carbonyl (C=O) groups excluding carboxylic acids is 3. The summed E-state index contributed by atoms with van der Waals surface area (Å²) in [5, 5.41) is 5.13. The van der Waals surface area contributed by atoms with Crippen LogP contribution in [0.25, 0.3) is 0 Å². The number of hydrogen-bond donors (Lipinski definition) is 2. The lowest BCUT2D eigenvalue weighted by atomic mass is 10.2. The van der Waals surface area contributed by atoms with Crippen molar-refractivity contribution in [3.8, 4) is 0 Å². The Morgan fingerprint density at radius 3 is 2.48 bits per heavy atom. The lowest BCUT2D eigenvalue weighted by molar-refractivity contribution is -0.133. The molecule has 2 N–H and O–H groups in total. The summed E-state index contributed by atoms with van der Waals surface area (Å²) in [6.45, 7) is 1.64. The maximum Gasteiger partial charge on any atom is 0.254 e. The molecule has 6 nitrogen and oxygen atoms in total. The van der Waals surface area contributed by atoms with Crippen LogP contribution >= 0.6 is 15.9 Å². The lowest BCUT2D eigenvalue weighted by Gasteiger charge is -2.17. The summed E-state index contributed by atoms with van der Waals surface area (Å²) in [5.41, 5.74) is 1.21. The van der Waals surface area contributed by atoms with Gasteiger partial charge in [-0.3, -0.25) is 14.4 Å². The number of nitrogens with one attached hydrogen (secondary N) is 2. The fourth-order valence-corrected chi connectivity index (χ4v) is 2.98. The minimum absolute atomic E-state index is 0.0493. The second-order valence-electron chi connectivity index (χ2n) is 6.39. The highest BCUT2D eigenvalue weighted by atomic mass is 79.9. The highest BCUT2D eigenvalue weighted by molar-refractivity contribution is 9.10. The average molecular weight is 468 g/mol. The largest absolute Gasteiger partial charge is 0.351 e. The average Bonchev–Trinajstić information content (AvgIpc) is 2.63. The number of aryl methyl sites for hydroxylation is 1. The van der Waals surface area contributed by atoms with Crippen molar-refractivity contribution in [1.82, 2.24) is 10.2 Å². The van der Waals surface area contributed by atoms with E-state index >= 15 is 0 Å². The zero-order valence-electron chi connectivity index (χ0n) is 15.9. The van der Waals surface area contributed by atoms with E-state index in [0.29, 0.717) is 11.8 Å². The molecule has 0 aliphatic rings.